The Morgan fingerprint density at radius 1 is 1.56 bits per heavy atom. The van der Waals surface area contributed by atoms with Crippen LogP contribution in [0.3, 0.4) is 0 Å². The number of hydrogen-bond acceptors (Lipinski definition) is 1. The monoisotopic (exact) mass is 244 g/mol. The molecule has 50 valence electrons. The van der Waals surface area contributed by atoms with Crippen LogP contribution in [0.25, 0.3) is 0 Å². The molecule has 1 rings (SSSR count). The summed E-state index contributed by atoms with van der Waals surface area (Å²) in [6.45, 7) is 0. The van der Waals surface area contributed by atoms with E-state index in [0.29, 0.717) is 9.36 Å². The van der Waals surface area contributed by atoms with Crippen LogP contribution < -0.4 is 0 Å². The lowest BCUT2D eigenvalue weighted by Crippen LogP contribution is -1.58. The van der Waals surface area contributed by atoms with Crippen molar-refractivity contribution >= 4 is 50.5 Å². The second-order valence-corrected chi connectivity index (χ2v) is 4.17. The summed E-state index contributed by atoms with van der Waals surface area (Å²) in [5.74, 6) is 0. The summed E-state index contributed by atoms with van der Waals surface area (Å²) in [6.07, 6.45) is 0. The highest BCUT2D eigenvalue weighted by atomic mass is 79.9. The van der Waals surface area contributed by atoms with E-state index in [2.05, 4.69) is 15.9 Å². The molecule has 0 atom stereocenters. The van der Waals surface area contributed by atoms with E-state index in [0.717, 1.165) is 10.2 Å². The van der Waals surface area contributed by atoms with Crippen molar-refractivity contribution < 1.29 is 0 Å². The highest BCUT2D eigenvalue weighted by molar-refractivity contribution is 9.08. The van der Waals surface area contributed by atoms with Gasteiger partial charge in [0.2, 0.25) is 0 Å². The van der Waals surface area contributed by atoms with E-state index in [1.54, 1.807) is 0 Å². The molecule has 0 aromatic carbocycles. The van der Waals surface area contributed by atoms with E-state index in [1.807, 2.05) is 6.07 Å². The van der Waals surface area contributed by atoms with Crippen molar-refractivity contribution in [2.45, 2.75) is 5.33 Å². The van der Waals surface area contributed by atoms with Crippen LogP contribution in [0.2, 0.25) is 9.36 Å². The van der Waals surface area contributed by atoms with Gasteiger partial charge in [-0.1, -0.05) is 39.1 Å². The predicted octanol–water partition coefficient (Wildman–Crippen LogP) is 3.95. The van der Waals surface area contributed by atoms with E-state index in [-0.39, 0.29) is 0 Å². The molecule has 1 aromatic rings. The molecule has 0 amide bonds. The Kier molecular flexibility index (Phi) is 2.83. The van der Waals surface area contributed by atoms with Gasteiger partial charge in [-0.25, -0.2) is 0 Å². The zero-order valence-corrected chi connectivity index (χ0v) is 8.24. The first-order valence-electron chi connectivity index (χ1n) is 2.23. The third-order valence-corrected chi connectivity index (χ3v) is 3.67. The Bertz CT molecular complexity index is 189. The molecule has 4 heteroatoms. The van der Waals surface area contributed by atoms with Crippen LogP contribution in [-0.4, -0.2) is 0 Å². The first-order chi connectivity index (χ1) is 4.24. The summed E-state index contributed by atoms with van der Waals surface area (Å²) in [7, 11) is 0. The average molecular weight is 246 g/mol. The lowest BCUT2D eigenvalue weighted by molar-refractivity contribution is 1.59. The SMILES string of the molecule is Clc1cc(CBr)sc1Cl. The van der Waals surface area contributed by atoms with Gasteiger partial charge >= 0.3 is 0 Å². The van der Waals surface area contributed by atoms with E-state index in [4.69, 9.17) is 23.2 Å². The molecular weight excluding hydrogens is 243 g/mol. The zero-order chi connectivity index (χ0) is 6.85. The Morgan fingerprint density at radius 3 is 2.44 bits per heavy atom. The van der Waals surface area contributed by atoms with Crippen molar-refractivity contribution in [3.05, 3.63) is 20.3 Å². The van der Waals surface area contributed by atoms with E-state index < -0.39 is 0 Å². The second-order valence-electron chi connectivity index (χ2n) is 1.47. The van der Waals surface area contributed by atoms with Gasteiger partial charge in [0.1, 0.15) is 4.34 Å². The molecule has 0 aliphatic rings. The fourth-order valence-corrected chi connectivity index (χ4v) is 2.24. The molecule has 0 bridgehead atoms. The van der Waals surface area contributed by atoms with E-state index >= 15 is 0 Å². The van der Waals surface area contributed by atoms with Crippen LogP contribution in [-0.2, 0) is 5.33 Å². The zero-order valence-electron chi connectivity index (χ0n) is 4.33. The standard InChI is InChI=1S/C5H3BrCl2S/c6-2-3-1-4(7)5(8)9-3/h1H,2H2. The van der Waals surface area contributed by atoms with Crippen molar-refractivity contribution in [3.63, 3.8) is 0 Å². The van der Waals surface area contributed by atoms with Crippen molar-refractivity contribution in [2.24, 2.45) is 0 Å². The van der Waals surface area contributed by atoms with Crippen LogP contribution in [0.1, 0.15) is 4.88 Å². The number of hydrogen-bond donors (Lipinski definition) is 0. The molecule has 0 N–H and O–H groups in total. The summed E-state index contributed by atoms with van der Waals surface area (Å²) in [6, 6.07) is 1.86. The van der Waals surface area contributed by atoms with Crippen LogP contribution in [0, 0.1) is 0 Å². The second kappa shape index (κ2) is 3.24. The quantitative estimate of drug-likeness (QED) is 0.658. The van der Waals surface area contributed by atoms with Crippen molar-refractivity contribution in [3.8, 4) is 0 Å². The molecule has 0 fully saturated rings. The summed E-state index contributed by atoms with van der Waals surface area (Å²) in [5.41, 5.74) is 0. The van der Waals surface area contributed by atoms with Gasteiger partial charge in [-0.2, -0.15) is 0 Å². The Hall–Kier alpha value is 0.760. The molecule has 1 aromatic heterocycles. The van der Waals surface area contributed by atoms with Crippen LogP contribution in [0.4, 0.5) is 0 Å². The topological polar surface area (TPSA) is 0 Å². The smallest absolute Gasteiger partial charge is 0.112 e. The molecule has 0 spiro atoms. The van der Waals surface area contributed by atoms with Gasteiger partial charge in [0.15, 0.2) is 0 Å². The van der Waals surface area contributed by atoms with Gasteiger partial charge in [-0.3, -0.25) is 0 Å². The molecule has 0 radical (unpaired) electrons. The third-order valence-electron chi connectivity index (χ3n) is 0.828. The van der Waals surface area contributed by atoms with Crippen molar-refractivity contribution in [2.75, 3.05) is 0 Å². The molecule has 0 unspecified atom stereocenters. The third kappa shape index (κ3) is 1.84. The van der Waals surface area contributed by atoms with Crippen molar-refractivity contribution in [1.29, 1.82) is 0 Å². The highest BCUT2D eigenvalue weighted by Gasteiger charge is 2.01. The molecule has 1 heterocycles. The Morgan fingerprint density at radius 2 is 2.22 bits per heavy atom. The molecule has 9 heavy (non-hydrogen) atoms. The maximum Gasteiger partial charge on any atom is 0.112 e. The van der Waals surface area contributed by atoms with Gasteiger partial charge in [0, 0.05) is 10.2 Å². The van der Waals surface area contributed by atoms with Gasteiger partial charge in [-0.15, -0.1) is 11.3 Å². The number of halogens is 3. The molecule has 0 aliphatic carbocycles. The molecule has 0 saturated carbocycles. The first-order valence-corrected chi connectivity index (χ1v) is 4.93. The number of alkyl halides is 1. The molecular formula is C5H3BrCl2S. The lowest BCUT2D eigenvalue weighted by Gasteiger charge is -1.77. The normalized spacial score (nSPS) is 10.1. The first kappa shape index (κ1) is 7.86. The highest BCUT2D eigenvalue weighted by Crippen LogP contribution is 2.32. The van der Waals surface area contributed by atoms with Crippen molar-refractivity contribution in [1.82, 2.24) is 0 Å². The average Bonchev–Trinajstić information content (AvgIpc) is 2.13. The van der Waals surface area contributed by atoms with Crippen LogP contribution in [0.15, 0.2) is 6.07 Å². The van der Waals surface area contributed by atoms with Gasteiger partial charge in [0.25, 0.3) is 0 Å². The lowest BCUT2D eigenvalue weighted by atomic mass is 10.5. The number of rotatable bonds is 1. The summed E-state index contributed by atoms with van der Waals surface area (Å²) >= 11 is 16.1. The van der Waals surface area contributed by atoms with E-state index in [9.17, 15) is 0 Å². The molecule has 0 nitrogen and oxygen atoms in total. The Balaban J connectivity index is 2.98. The summed E-state index contributed by atoms with van der Waals surface area (Å²) in [4.78, 5) is 1.16. The Labute approximate surface area is 75.9 Å². The minimum absolute atomic E-state index is 0.649. The number of thiophene rings is 1. The summed E-state index contributed by atoms with van der Waals surface area (Å²) < 4.78 is 0.672. The van der Waals surface area contributed by atoms with Crippen LogP contribution in [0.5, 0.6) is 0 Å². The van der Waals surface area contributed by atoms with Crippen LogP contribution >= 0.6 is 50.5 Å². The minimum atomic E-state index is 0.649. The fourth-order valence-electron chi connectivity index (χ4n) is 0.457. The molecule has 0 saturated heterocycles. The largest absolute Gasteiger partial charge is 0.126 e. The molecule has 0 aliphatic heterocycles. The maximum atomic E-state index is 5.67. The predicted molar refractivity (Wildman–Crippen MR) is 47.0 cm³/mol. The van der Waals surface area contributed by atoms with Gasteiger partial charge in [0.05, 0.1) is 5.02 Å². The minimum Gasteiger partial charge on any atom is -0.126 e. The van der Waals surface area contributed by atoms with Gasteiger partial charge < -0.3 is 0 Å². The fraction of sp³-hybridized carbons (Fsp3) is 0.200. The summed E-state index contributed by atoms with van der Waals surface area (Å²) in [5, 5.41) is 1.47. The van der Waals surface area contributed by atoms with E-state index in [1.165, 1.54) is 11.3 Å². The maximum absolute atomic E-state index is 5.67. The van der Waals surface area contributed by atoms with Gasteiger partial charge in [-0.05, 0) is 6.07 Å².